The number of benzene rings is 1. The fourth-order valence-corrected chi connectivity index (χ4v) is 2.41. The molecule has 1 fully saturated rings. The zero-order valence-electron chi connectivity index (χ0n) is 12.5. The summed E-state index contributed by atoms with van der Waals surface area (Å²) in [5.41, 5.74) is 2.89. The highest BCUT2D eigenvalue weighted by Crippen LogP contribution is 2.35. The van der Waals surface area contributed by atoms with Gasteiger partial charge in [0.2, 0.25) is 0 Å². The van der Waals surface area contributed by atoms with Crippen molar-refractivity contribution >= 4 is 5.69 Å². The molecule has 0 atom stereocenters. The molecule has 0 aliphatic heterocycles. The van der Waals surface area contributed by atoms with Crippen molar-refractivity contribution in [2.45, 2.75) is 44.7 Å². The Morgan fingerprint density at radius 3 is 2.67 bits per heavy atom. The molecule has 2 aromatic rings. The van der Waals surface area contributed by atoms with Crippen LogP contribution in [0.5, 0.6) is 0 Å². The van der Waals surface area contributed by atoms with Gasteiger partial charge in [-0.05, 0) is 44.4 Å². The van der Waals surface area contributed by atoms with Crippen LogP contribution in [-0.2, 0) is 12.0 Å². The number of hydrogen-bond acceptors (Lipinski definition) is 3. The third-order valence-electron chi connectivity index (χ3n) is 4.05. The van der Waals surface area contributed by atoms with E-state index in [0.29, 0.717) is 6.04 Å². The van der Waals surface area contributed by atoms with E-state index in [1.165, 1.54) is 18.5 Å². The first-order valence-corrected chi connectivity index (χ1v) is 7.36. The van der Waals surface area contributed by atoms with Gasteiger partial charge in [-0.25, -0.2) is 4.98 Å². The molecule has 1 aromatic heterocycles. The van der Waals surface area contributed by atoms with E-state index in [0.717, 1.165) is 17.8 Å². The van der Waals surface area contributed by atoms with Crippen LogP contribution in [0.25, 0.3) is 0 Å². The summed E-state index contributed by atoms with van der Waals surface area (Å²) in [5.74, 6) is 0. The van der Waals surface area contributed by atoms with E-state index in [-0.39, 0.29) is 0 Å². The minimum atomic E-state index is -0.441. The number of rotatable bonds is 5. The highest BCUT2D eigenvalue weighted by atomic mass is 15.1. The lowest BCUT2D eigenvalue weighted by Crippen LogP contribution is -2.13. The molecular formula is C17H20N4. The van der Waals surface area contributed by atoms with Gasteiger partial charge in [-0.2, -0.15) is 5.26 Å². The number of imidazole rings is 1. The second kappa shape index (κ2) is 5.25. The zero-order valence-corrected chi connectivity index (χ0v) is 12.5. The highest BCUT2D eigenvalue weighted by Gasteiger charge is 2.25. The maximum absolute atomic E-state index is 9.16. The second-order valence-electron chi connectivity index (χ2n) is 6.19. The van der Waals surface area contributed by atoms with Gasteiger partial charge >= 0.3 is 0 Å². The monoisotopic (exact) mass is 280 g/mol. The molecule has 1 N–H and O–H groups in total. The van der Waals surface area contributed by atoms with Gasteiger partial charge in [-0.15, -0.1) is 0 Å². The summed E-state index contributed by atoms with van der Waals surface area (Å²) < 4.78 is 2.26. The summed E-state index contributed by atoms with van der Waals surface area (Å²) in [6.07, 6.45) is 6.38. The van der Waals surface area contributed by atoms with E-state index in [2.05, 4.69) is 20.9 Å². The first-order valence-electron chi connectivity index (χ1n) is 7.36. The smallest absolute Gasteiger partial charge is 0.0951 e. The van der Waals surface area contributed by atoms with E-state index in [1.807, 2.05) is 50.6 Å². The second-order valence-corrected chi connectivity index (χ2v) is 6.19. The van der Waals surface area contributed by atoms with E-state index in [1.54, 1.807) is 0 Å². The fourth-order valence-electron chi connectivity index (χ4n) is 2.41. The fraction of sp³-hybridized carbons (Fsp3) is 0.412. The van der Waals surface area contributed by atoms with E-state index < -0.39 is 5.41 Å². The number of anilines is 1. The summed E-state index contributed by atoms with van der Waals surface area (Å²) in [4.78, 5) is 4.24. The molecule has 0 amide bonds. The van der Waals surface area contributed by atoms with Crippen molar-refractivity contribution in [3.63, 3.8) is 0 Å². The molecule has 0 saturated heterocycles. The Morgan fingerprint density at radius 2 is 2.05 bits per heavy atom. The predicted molar refractivity (Wildman–Crippen MR) is 82.9 cm³/mol. The van der Waals surface area contributed by atoms with Crippen molar-refractivity contribution < 1.29 is 0 Å². The SMILES string of the molecule is CC(C)(C#N)c1ccc(NCc2cncn2C2CC2)cc1. The summed E-state index contributed by atoms with van der Waals surface area (Å²) in [6.45, 7) is 4.64. The van der Waals surface area contributed by atoms with Crippen LogP contribution in [0.15, 0.2) is 36.8 Å². The van der Waals surface area contributed by atoms with Crippen LogP contribution >= 0.6 is 0 Å². The van der Waals surface area contributed by atoms with Crippen molar-refractivity contribution in [2.24, 2.45) is 0 Å². The molecule has 4 nitrogen and oxygen atoms in total. The third kappa shape index (κ3) is 2.92. The maximum Gasteiger partial charge on any atom is 0.0951 e. The third-order valence-corrected chi connectivity index (χ3v) is 4.05. The first kappa shape index (κ1) is 13.7. The molecule has 1 aromatic carbocycles. The molecule has 1 heterocycles. The lowest BCUT2D eigenvalue weighted by molar-refractivity contribution is 0.687. The molecular weight excluding hydrogens is 260 g/mol. The van der Waals surface area contributed by atoms with E-state index >= 15 is 0 Å². The Bertz CT molecular complexity index is 657. The van der Waals surface area contributed by atoms with Crippen LogP contribution in [0.1, 0.15) is 44.0 Å². The van der Waals surface area contributed by atoms with Gasteiger partial charge in [0.15, 0.2) is 0 Å². The normalized spacial score (nSPS) is 14.7. The van der Waals surface area contributed by atoms with Crippen molar-refractivity contribution in [1.29, 1.82) is 5.26 Å². The summed E-state index contributed by atoms with van der Waals surface area (Å²) >= 11 is 0. The minimum Gasteiger partial charge on any atom is -0.379 e. The Labute approximate surface area is 125 Å². The topological polar surface area (TPSA) is 53.6 Å². The maximum atomic E-state index is 9.16. The molecule has 0 spiro atoms. The average Bonchev–Trinajstić information content (AvgIpc) is 3.24. The molecule has 0 unspecified atom stereocenters. The largest absolute Gasteiger partial charge is 0.379 e. The lowest BCUT2D eigenvalue weighted by Gasteiger charge is -2.16. The Kier molecular flexibility index (Phi) is 3.42. The summed E-state index contributed by atoms with van der Waals surface area (Å²) in [6, 6.07) is 11.1. The van der Waals surface area contributed by atoms with Gasteiger partial charge in [-0.1, -0.05) is 12.1 Å². The zero-order chi connectivity index (χ0) is 14.9. The van der Waals surface area contributed by atoms with Crippen molar-refractivity contribution in [3.05, 3.63) is 48.0 Å². The van der Waals surface area contributed by atoms with E-state index in [4.69, 9.17) is 5.26 Å². The number of nitrogens with one attached hydrogen (secondary N) is 1. The lowest BCUT2D eigenvalue weighted by atomic mass is 9.86. The quantitative estimate of drug-likeness (QED) is 0.910. The molecule has 0 radical (unpaired) electrons. The molecule has 0 bridgehead atoms. The molecule has 21 heavy (non-hydrogen) atoms. The Morgan fingerprint density at radius 1 is 1.33 bits per heavy atom. The van der Waals surface area contributed by atoms with E-state index in [9.17, 15) is 0 Å². The molecule has 108 valence electrons. The average molecular weight is 280 g/mol. The van der Waals surface area contributed by atoms with Crippen molar-refractivity contribution in [1.82, 2.24) is 9.55 Å². The Balaban J connectivity index is 1.66. The van der Waals surface area contributed by atoms with Gasteiger partial charge in [0.05, 0.1) is 30.1 Å². The number of aromatic nitrogens is 2. The van der Waals surface area contributed by atoms with Crippen molar-refractivity contribution in [2.75, 3.05) is 5.32 Å². The number of nitrogens with zero attached hydrogens (tertiary/aromatic N) is 3. The molecule has 1 aliphatic rings. The Hall–Kier alpha value is -2.28. The predicted octanol–water partition coefficient (Wildman–Crippen LogP) is 3.63. The molecule has 1 saturated carbocycles. The minimum absolute atomic E-state index is 0.441. The van der Waals surface area contributed by atoms with Crippen molar-refractivity contribution in [3.8, 4) is 6.07 Å². The van der Waals surface area contributed by atoms with Gasteiger partial charge in [0.25, 0.3) is 0 Å². The van der Waals surface area contributed by atoms with Crippen LogP contribution in [0.3, 0.4) is 0 Å². The number of hydrogen-bond donors (Lipinski definition) is 1. The molecule has 1 aliphatic carbocycles. The van der Waals surface area contributed by atoms with Crippen LogP contribution in [0, 0.1) is 11.3 Å². The van der Waals surface area contributed by atoms with Crippen LogP contribution in [0.2, 0.25) is 0 Å². The molecule has 4 heteroatoms. The van der Waals surface area contributed by atoms with Crippen LogP contribution in [-0.4, -0.2) is 9.55 Å². The standard InChI is InChI=1S/C17H20N4/c1-17(2,11-18)13-3-5-14(6-4-13)20-10-16-9-19-12-21(16)15-7-8-15/h3-6,9,12,15,20H,7-8,10H2,1-2H3. The highest BCUT2D eigenvalue weighted by molar-refractivity contribution is 5.47. The summed E-state index contributed by atoms with van der Waals surface area (Å²) in [7, 11) is 0. The van der Waals surface area contributed by atoms with Crippen LogP contribution < -0.4 is 5.32 Å². The van der Waals surface area contributed by atoms with Gasteiger partial charge < -0.3 is 9.88 Å². The van der Waals surface area contributed by atoms with Crippen LogP contribution in [0.4, 0.5) is 5.69 Å². The van der Waals surface area contributed by atoms with Gasteiger partial charge in [0.1, 0.15) is 0 Å². The number of nitriles is 1. The van der Waals surface area contributed by atoms with Gasteiger partial charge in [-0.3, -0.25) is 0 Å². The first-order chi connectivity index (χ1) is 10.1. The van der Waals surface area contributed by atoms with Gasteiger partial charge in [0, 0.05) is 17.9 Å². The molecule has 3 rings (SSSR count). The summed E-state index contributed by atoms with van der Waals surface area (Å²) in [5, 5.41) is 12.6.